The molecular weight excluding hydrogens is 316 g/mol. The van der Waals surface area contributed by atoms with Gasteiger partial charge in [-0.25, -0.2) is 0 Å². The Kier molecular flexibility index (Phi) is 5.58. The van der Waals surface area contributed by atoms with Crippen molar-refractivity contribution in [2.75, 3.05) is 7.11 Å². The van der Waals surface area contributed by atoms with Gasteiger partial charge in [0.2, 0.25) is 0 Å². The summed E-state index contributed by atoms with van der Waals surface area (Å²) in [6.07, 6.45) is 4.05. The molecule has 3 rings (SSSR count). The van der Waals surface area contributed by atoms with Gasteiger partial charge >= 0.3 is 0 Å². The predicted octanol–water partition coefficient (Wildman–Crippen LogP) is 6.76. The number of ether oxygens (including phenoxy) is 1. The van der Waals surface area contributed by atoms with E-state index in [0.717, 1.165) is 18.6 Å². The third kappa shape index (κ3) is 3.72. The summed E-state index contributed by atoms with van der Waals surface area (Å²) >= 11 is 0. The number of hydrogen-bond acceptors (Lipinski definition) is 1. The van der Waals surface area contributed by atoms with Gasteiger partial charge in [-0.3, -0.25) is 0 Å². The topological polar surface area (TPSA) is 9.23 Å². The van der Waals surface area contributed by atoms with E-state index in [1.165, 1.54) is 38.9 Å². The molecule has 0 saturated carbocycles. The Bertz CT molecular complexity index is 887. The van der Waals surface area contributed by atoms with Crippen LogP contribution in [0.25, 0.3) is 22.3 Å². The second-order valence-electron chi connectivity index (χ2n) is 6.66. The molecule has 26 heavy (non-hydrogen) atoms. The van der Waals surface area contributed by atoms with E-state index in [1.807, 2.05) is 18.2 Å². The highest BCUT2D eigenvalue weighted by Crippen LogP contribution is 2.33. The van der Waals surface area contributed by atoms with Gasteiger partial charge in [0.15, 0.2) is 0 Å². The van der Waals surface area contributed by atoms with Gasteiger partial charge in [-0.2, -0.15) is 0 Å². The molecule has 3 aromatic rings. The SMILES string of the molecule is C=CCCc1ccc(-c2ccc(-c3ccc(OC)cc3)c(C)c2C)cc1. The van der Waals surface area contributed by atoms with Crippen LogP contribution in [-0.4, -0.2) is 7.11 Å². The average molecular weight is 342 g/mol. The predicted molar refractivity (Wildman–Crippen MR) is 112 cm³/mol. The second-order valence-corrected chi connectivity index (χ2v) is 6.66. The van der Waals surface area contributed by atoms with Gasteiger partial charge < -0.3 is 4.74 Å². The maximum absolute atomic E-state index is 5.26. The number of methoxy groups -OCH3 is 1. The fourth-order valence-corrected chi connectivity index (χ4v) is 3.34. The average Bonchev–Trinajstić information content (AvgIpc) is 2.69. The van der Waals surface area contributed by atoms with Crippen LogP contribution in [0.2, 0.25) is 0 Å². The quantitative estimate of drug-likeness (QED) is 0.449. The Morgan fingerprint density at radius 3 is 1.73 bits per heavy atom. The fraction of sp³-hybridized carbons (Fsp3) is 0.200. The van der Waals surface area contributed by atoms with Crippen LogP contribution in [0.4, 0.5) is 0 Å². The molecule has 0 atom stereocenters. The highest BCUT2D eigenvalue weighted by molar-refractivity contribution is 5.77. The van der Waals surface area contributed by atoms with E-state index in [1.54, 1.807) is 7.11 Å². The molecule has 0 unspecified atom stereocenters. The van der Waals surface area contributed by atoms with Gasteiger partial charge in [-0.15, -0.1) is 6.58 Å². The summed E-state index contributed by atoms with van der Waals surface area (Å²) in [5.41, 5.74) is 9.08. The van der Waals surface area contributed by atoms with Gasteiger partial charge in [0.1, 0.15) is 5.75 Å². The standard InChI is InChI=1S/C25H26O/c1-5-6-7-20-8-10-21(11-9-20)24-16-17-25(19(3)18(24)2)22-12-14-23(26-4)15-13-22/h5,8-17H,1,6-7H2,2-4H3. The van der Waals surface area contributed by atoms with Crippen molar-refractivity contribution in [3.63, 3.8) is 0 Å². The molecular formula is C25H26O. The third-order valence-corrected chi connectivity index (χ3v) is 5.09. The summed E-state index contributed by atoms with van der Waals surface area (Å²) in [4.78, 5) is 0. The van der Waals surface area contributed by atoms with Crippen molar-refractivity contribution in [2.45, 2.75) is 26.7 Å². The van der Waals surface area contributed by atoms with E-state index in [0.29, 0.717) is 0 Å². The van der Waals surface area contributed by atoms with E-state index in [2.05, 4.69) is 69.0 Å². The van der Waals surface area contributed by atoms with Crippen molar-refractivity contribution in [3.8, 4) is 28.0 Å². The zero-order chi connectivity index (χ0) is 18.5. The molecule has 0 radical (unpaired) electrons. The molecule has 0 bridgehead atoms. The molecule has 0 aromatic heterocycles. The molecule has 132 valence electrons. The van der Waals surface area contributed by atoms with Crippen molar-refractivity contribution >= 4 is 0 Å². The van der Waals surface area contributed by atoms with E-state index in [-0.39, 0.29) is 0 Å². The highest BCUT2D eigenvalue weighted by Gasteiger charge is 2.10. The Morgan fingerprint density at radius 1 is 0.769 bits per heavy atom. The first kappa shape index (κ1) is 18.0. The number of rotatable bonds is 6. The molecule has 1 heteroatoms. The number of hydrogen-bond donors (Lipinski definition) is 0. The monoisotopic (exact) mass is 342 g/mol. The van der Waals surface area contributed by atoms with Crippen LogP contribution >= 0.6 is 0 Å². The summed E-state index contributed by atoms with van der Waals surface area (Å²) in [5, 5.41) is 0. The Hall–Kier alpha value is -2.80. The lowest BCUT2D eigenvalue weighted by atomic mass is 9.90. The van der Waals surface area contributed by atoms with Crippen LogP contribution < -0.4 is 4.74 Å². The van der Waals surface area contributed by atoms with Crippen LogP contribution in [0.1, 0.15) is 23.1 Å². The molecule has 0 N–H and O–H groups in total. The fourth-order valence-electron chi connectivity index (χ4n) is 3.34. The van der Waals surface area contributed by atoms with E-state index in [9.17, 15) is 0 Å². The van der Waals surface area contributed by atoms with Crippen LogP contribution in [0, 0.1) is 13.8 Å². The van der Waals surface area contributed by atoms with E-state index >= 15 is 0 Å². The lowest BCUT2D eigenvalue weighted by molar-refractivity contribution is 0.415. The van der Waals surface area contributed by atoms with Gasteiger partial charge in [-0.05, 0) is 77.8 Å². The first-order chi connectivity index (χ1) is 12.6. The lowest BCUT2D eigenvalue weighted by Gasteiger charge is -2.15. The summed E-state index contributed by atoms with van der Waals surface area (Å²) in [6, 6.07) is 21.6. The van der Waals surface area contributed by atoms with E-state index < -0.39 is 0 Å². The van der Waals surface area contributed by atoms with Crippen molar-refractivity contribution in [3.05, 3.63) is 90.0 Å². The lowest BCUT2D eigenvalue weighted by Crippen LogP contribution is -1.92. The zero-order valence-electron chi connectivity index (χ0n) is 15.9. The largest absolute Gasteiger partial charge is 0.497 e. The maximum atomic E-state index is 5.26. The number of allylic oxidation sites excluding steroid dienone is 1. The minimum atomic E-state index is 0.885. The molecule has 0 fully saturated rings. The van der Waals surface area contributed by atoms with Crippen molar-refractivity contribution in [2.24, 2.45) is 0 Å². The molecule has 0 spiro atoms. The summed E-state index contributed by atoms with van der Waals surface area (Å²) < 4.78 is 5.26. The van der Waals surface area contributed by atoms with Crippen LogP contribution in [0.3, 0.4) is 0 Å². The molecule has 0 amide bonds. The molecule has 0 aliphatic heterocycles. The maximum Gasteiger partial charge on any atom is 0.118 e. The normalized spacial score (nSPS) is 10.6. The van der Waals surface area contributed by atoms with Crippen LogP contribution in [0.5, 0.6) is 5.75 Å². The van der Waals surface area contributed by atoms with E-state index in [4.69, 9.17) is 4.74 Å². The zero-order valence-corrected chi connectivity index (χ0v) is 15.9. The summed E-state index contributed by atoms with van der Waals surface area (Å²) in [5.74, 6) is 0.885. The minimum Gasteiger partial charge on any atom is -0.497 e. The number of benzene rings is 3. The Balaban J connectivity index is 1.92. The van der Waals surface area contributed by atoms with Crippen molar-refractivity contribution in [1.29, 1.82) is 0 Å². The molecule has 0 heterocycles. The summed E-state index contributed by atoms with van der Waals surface area (Å²) in [7, 11) is 1.70. The number of aryl methyl sites for hydroxylation is 1. The van der Waals surface area contributed by atoms with Crippen molar-refractivity contribution < 1.29 is 4.74 Å². The first-order valence-corrected chi connectivity index (χ1v) is 9.09. The second kappa shape index (κ2) is 8.05. The smallest absolute Gasteiger partial charge is 0.118 e. The molecule has 0 saturated heterocycles. The molecule has 0 aliphatic rings. The van der Waals surface area contributed by atoms with Crippen molar-refractivity contribution in [1.82, 2.24) is 0 Å². The molecule has 0 aliphatic carbocycles. The Morgan fingerprint density at radius 2 is 1.27 bits per heavy atom. The van der Waals surface area contributed by atoms with Crippen LogP contribution in [-0.2, 0) is 6.42 Å². The van der Waals surface area contributed by atoms with Gasteiger partial charge in [0.25, 0.3) is 0 Å². The van der Waals surface area contributed by atoms with Gasteiger partial charge in [0.05, 0.1) is 7.11 Å². The van der Waals surface area contributed by atoms with Gasteiger partial charge in [-0.1, -0.05) is 54.6 Å². The minimum absolute atomic E-state index is 0.885. The summed E-state index contributed by atoms with van der Waals surface area (Å²) in [6.45, 7) is 8.21. The first-order valence-electron chi connectivity index (χ1n) is 9.09. The third-order valence-electron chi connectivity index (χ3n) is 5.09. The molecule has 1 nitrogen and oxygen atoms in total. The molecule has 3 aromatic carbocycles. The van der Waals surface area contributed by atoms with Gasteiger partial charge in [0, 0.05) is 0 Å². The Labute approximate surface area is 157 Å². The highest BCUT2D eigenvalue weighted by atomic mass is 16.5. The van der Waals surface area contributed by atoms with Crippen LogP contribution in [0.15, 0.2) is 73.3 Å².